The van der Waals surface area contributed by atoms with E-state index in [1.54, 1.807) is 30.3 Å². The van der Waals surface area contributed by atoms with Gasteiger partial charge in [0.15, 0.2) is 0 Å². The predicted octanol–water partition coefficient (Wildman–Crippen LogP) is 4.91. The van der Waals surface area contributed by atoms with Crippen LogP contribution < -0.4 is 15.2 Å². The number of aromatic nitrogens is 1. The summed E-state index contributed by atoms with van der Waals surface area (Å²) >= 11 is 6.01. The SMILES string of the molecule is COCCOc1ccc(CN(Cc2ccccc2)S(=O)(=O)OC(N)=O)c(Oc2ncc(C(F)(F)F)cc2Cl)c1. The molecule has 0 unspecified atom stereocenters. The van der Waals surface area contributed by atoms with Gasteiger partial charge >= 0.3 is 22.6 Å². The van der Waals surface area contributed by atoms with Gasteiger partial charge in [-0.3, -0.25) is 0 Å². The van der Waals surface area contributed by atoms with Gasteiger partial charge in [0, 0.05) is 38.0 Å². The number of carbonyl (C=O) groups is 1. The Labute approximate surface area is 227 Å². The fourth-order valence-electron chi connectivity index (χ4n) is 3.20. The molecular weight excluding hydrogens is 567 g/mol. The van der Waals surface area contributed by atoms with Gasteiger partial charge in [0.1, 0.15) is 23.1 Å². The van der Waals surface area contributed by atoms with Crippen LogP contribution in [0.4, 0.5) is 18.0 Å². The number of nitrogens with two attached hydrogens (primary N) is 1. The van der Waals surface area contributed by atoms with Crippen molar-refractivity contribution in [1.82, 2.24) is 9.29 Å². The van der Waals surface area contributed by atoms with E-state index in [2.05, 4.69) is 9.17 Å². The Morgan fingerprint density at radius 3 is 2.41 bits per heavy atom. The zero-order chi connectivity index (χ0) is 28.6. The number of nitrogens with zero attached hydrogens (tertiary/aromatic N) is 2. The maximum Gasteiger partial charge on any atom is 0.421 e. The molecule has 3 rings (SSSR count). The summed E-state index contributed by atoms with van der Waals surface area (Å²) in [4.78, 5) is 14.9. The van der Waals surface area contributed by atoms with E-state index in [0.29, 0.717) is 17.8 Å². The molecule has 0 saturated carbocycles. The number of halogens is 4. The van der Waals surface area contributed by atoms with E-state index in [-0.39, 0.29) is 42.7 Å². The monoisotopic (exact) mass is 589 g/mol. The molecule has 1 heterocycles. The summed E-state index contributed by atoms with van der Waals surface area (Å²) in [5, 5.41) is -0.438. The smallest absolute Gasteiger partial charge is 0.421 e. The van der Waals surface area contributed by atoms with Crippen molar-refractivity contribution in [1.29, 1.82) is 0 Å². The van der Waals surface area contributed by atoms with E-state index >= 15 is 0 Å². The molecule has 0 aliphatic carbocycles. The van der Waals surface area contributed by atoms with Crippen molar-refractivity contribution in [2.24, 2.45) is 5.73 Å². The predicted molar refractivity (Wildman–Crippen MR) is 133 cm³/mol. The van der Waals surface area contributed by atoms with Gasteiger partial charge in [-0.2, -0.15) is 25.9 Å². The Morgan fingerprint density at radius 2 is 1.79 bits per heavy atom. The van der Waals surface area contributed by atoms with Crippen LogP contribution in [0.1, 0.15) is 16.7 Å². The minimum Gasteiger partial charge on any atom is -0.491 e. The lowest BCUT2D eigenvalue weighted by molar-refractivity contribution is -0.137. The first kappa shape index (κ1) is 30.0. The minimum atomic E-state index is -4.68. The van der Waals surface area contributed by atoms with E-state index in [1.165, 1.54) is 25.3 Å². The number of primary amides is 1. The van der Waals surface area contributed by atoms with Crippen molar-refractivity contribution in [3.05, 3.63) is 82.5 Å². The number of hydrogen-bond acceptors (Lipinski definition) is 8. The van der Waals surface area contributed by atoms with Crippen LogP contribution >= 0.6 is 11.6 Å². The van der Waals surface area contributed by atoms with Gasteiger partial charge in [-0.15, -0.1) is 0 Å². The fourth-order valence-corrected chi connectivity index (χ4v) is 4.32. The summed E-state index contributed by atoms with van der Waals surface area (Å²) < 4.78 is 86.2. The van der Waals surface area contributed by atoms with Crippen LogP contribution in [0, 0.1) is 0 Å². The second kappa shape index (κ2) is 13.0. The first-order valence-electron chi connectivity index (χ1n) is 11.1. The number of pyridine rings is 1. The van der Waals surface area contributed by atoms with Crippen molar-refractivity contribution in [2.45, 2.75) is 19.3 Å². The van der Waals surface area contributed by atoms with E-state index < -0.39 is 39.7 Å². The Balaban J connectivity index is 2.01. The third-order valence-corrected chi connectivity index (χ3v) is 6.52. The van der Waals surface area contributed by atoms with Crippen LogP contribution in [-0.2, 0) is 38.5 Å². The molecule has 2 N–H and O–H groups in total. The van der Waals surface area contributed by atoms with Crippen molar-refractivity contribution in [2.75, 3.05) is 20.3 Å². The number of benzene rings is 2. The molecule has 210 valence electrons. The highest BCUT2D eigenvalue weighted by atomic mass is 35.5. The van der Waals surface area contributed by atoms with Gasteiger partial charge in [-0.1, -0.05) is 48.0 Å². The van der Waals surface area contributed by atoms with Gasteiger partial charge in [-0.05, 0) is 17.7 Å². The maximum atomic E-state index is 13.0. The third kappa shape index (κ3) is 8.71. The van der Waals surface area contributed by atoms with E-state index in [9.17, 15) is 26.4 Å². The van der Waals surface area contributed by atoms with Crippen molar-refractivity contribution >= 4 is 28.0 Å². The van der Waals surface area contributed by atoms with Crippen LogP contribution in [0.5, 0.6) is 17.4 Å². The zero-order valence-electron chi connectivity index (χ0n) is 20.4. The van der Waals surface area contributed by atoms with Gasteiger partial charge in [0.2, 0.25) is 5.88 Å². The molecule has 39 heavy (non-hydrogen) atoms. The number of alkyl halides is 3. The van der Waals surface area contributed by atoms with Crippen molar-refractivity contribution in [3.63, 3.8) is 0 Å². The highest BCUT2D eigenvalue weighted by Gasteiger charge is 2.32. The zero-order valence-corrected chi connectivity index (χ0v) is 21.9. The number of rotatable bonds is 12. The average Bonchev–Trinajstić information content (AvgIpc) is 2.85. The molecule has 15 heteroatoms. The highest BCUT2D eigenvalue weighted by Crippen LogP contribution is 2.37. The number of amides is 1. The highest BCUT2D eigenvalue weighted by molar-refractivity contribution is 7.84. The molecule has 10 nitrogen and oxygen atoms in total. The summed E-state index contributed by atoms with van der Waals surface area (Å²) in [6.07, 6.45) is -5.67. The summed E-state index contributed by atoms with van der Waals surface area (Å²) in [6.45, 7) is -0.203. The molecule has 1 amide bonds. The van der Waals surface area contributed by atoms with Crippen molar-refractivity contribution in [3.8, 4) is 17.4 Å². The van der Waals surface area contributed by atoms with E-state index in [0.717, 1.165) is 4.31 Å². The maximum absolute atomic E-state index is 13.0. The van der Waals surface area contributed by atoms with Crippen LogP contribution in [-0.4, -0.2) is 44.1 Å². The number of carbonyl (C=O) groups excluding carboxylic acids is 1. The summed E-state index contributed by atoms with van der Waals surface area (Å²) in [5.74, 6) is -0.128. The second-order valence-corrected chi connectivity index (χ2v) is 9.78. The van der Waals surface area contributed by atoms with Gasteiger partial charge in [-0.25, -0.2) is 9.78 Å². The lowest BCUT2D eigenvalue weighted by Gasteiger charge is -2.22. The minimum absolute atomic E-state index is 0.0357. The normalized spacial score (nSPS) is 11.8. The molecule has 0 saturated heterocycles. The van der Waals surface area contributed by atoms with Gasteiger partial charge in [0.25, 0.3) is 0 Å². The molecule has 0 radical (unpaired) electrons. The molecule has 1 aromatic heterocycles. The summed E-state index contributed by atoms with van der Waals surface area (Å²) in [6, 6.07) is 13.4. The van der Waals surface area contributed by atoms with Gasteiger partial charge < -0.3 is 24.1 Å². The molecular formula is C24H23ClF3N3O7S. The lowest BCUT2D eigenvalue weighted by Crippen LogP contribution is -2.34. The second-order valence-electron chi connectivity index (χ2n) is 7.84. The summed E-state index contributed by atoms with van der Waals surface area (Å²) in [5.41, 5.74) is 4.63. The molecule has 3 aromatic rings. The fraction of sp³-hybridized carbons (Fsp3) is 0.250. The molecule has 0 fully saturated rings. The van der Waals surface area contributed by atoms with E-state index in [1.807, 2.05) is 0 Å². The molecule has 0 bridgehead atoms. The first-order valence-corrected chi connectivity index (χ1v) is 12.8. The van der Waals surface area contributed by atoms with Crippen LogP contribution in [0.2, 0.25) is 5.02 Å². The lowest BCUT2D eigenvalue weighted by atomic mass is 10.1. The Kier molecular flexibility index (Phi) is 9.97. The molecule has 2 aromatic carbocycles. The number of ether oxygens (including phenoxy) is 3. The molecule has 0 aliphatic rings. The Hall–Kier alpha value is -3.59. The average molecular weight is 590 g/mol. The first-order chi connectivity index (χ1) is 18.4. The topological polar surface area (TPSA) is 130 Å². The van der Waals surface area contributed by atoms with Crippen LogP contribution in [0.3, 0.4) is 0 Å². The molecule has 0 atom stereocenters. The largest absolute Gasteiger partial charge is 0.491 e. The van der Waals surface area contributed by atoms with Crippen molar-refractivity contribution < 1.29 is 44.8 Å². The number of methoxy groups -OCH3 is 1. The Morgan fingerprint density at radius 1 is 1.08 bits per heavy atom. The quantitative estimate of drug-likeness (QED) is 0.295. The van der Waals surface area contributed by atoms with Crippen LogP contribution in [0.25, 0.3) is 0 Å². The molecule has 0 aliphatic heterocycles. The molecule has 0 spiro atoms. The third-order valence-electron chi connectivity index (χ3n) is 4.99. The summed E-state index contributed by atoms with van der Waals surface area (Å²) in [7, 11) is -3.20. The van der Waals surface area contributed by atoms with E-state index in [4.69, 9.17) is 31.5 Å². The number of hydrogen-bond donors (Lipinski definition) is 1. The standard InChI is InChI=1S/C24H23ClF3N3O7S/c1-35-9-10-36-19-8-7-17(21(12-19)37-22-20(25)11-18(13-30-22)24(26,27)28)15-31(39(33,34)38-23(29)32)14-16-5-3-2-4-6-16/h2-8,11-13H,9-10,14-15H2,1H3,(H2,29,32). The Bertz CT molecular complexity index is 1390. The van der Waals surface area contributed by atoms with Crippen LogP contribution in [0.15, 0.2) is 60.8 Å². The van der Waals surface area contributed by atoms with Gasteiger partial charge in [0.05, 0.1) is 12.2 Å².